The van der Waals surface area contributed by atoms with Gasteiger partial charge in [-0.2, -0.15) is 0 Å². The summed E-state index contributed by atoms with van der Waals surface area (Å²) in [5, 5.41) is 0. The molecule has 9 nitrogen and oxygen atoms in total. The highest BCUT2D eigenvalue weighted by molar-refractivity contribution is 7.49. The maximum Gasteiger partial charge on any atom is 0.529 e. The van der Waals surface area contributed by atoms with E-state index in [2.05, 4.69) is 0 Å². The van der Waals surface area contributed by atoms with Gasteiger partial charge in [0.05, 0.1) is 0 Å². The van der Waals surface area contributed by atoms with Gasteiger partial charge < -0.3 is 9.05 Å². The number of carbonyl (C=O) groups excluding carboxylic acids is 1. The van der Waals surface area contributed by atoms with E-state index in [4.69, 9.17) is 27.1 Å². The molecule has 2 aromatic rings. The largest absolute Gasteiger partial charge is 0.529 e. The van der Waals surface area contributed by atoms with E-state index in [9.17, 15) is 13.9 Å². The van der Waals surface area contributed by atoms with E-state index in [-0.39, 0.29) is 17.3 Å². The molecule has 0 N–H and O–H groups in total. The van der Waals surface area contributed by atoms with Crippen molar-refractivity contribution in [1.29, 1.82) is 0 Å². The molecular formula is C21H24O9P2. The molecule has 0 atom stereocenters. The summed E-state index contributed by atoms with van der Waals surface area (Å²) in [5.41, 5.74) is 1.29. The fraction of sp³-hybridized carbons (Fsp3) is 0.190. The van der Waals surface area contributed by atoms with Crippen LogP contribution in [-0.2, 0) is 32.0 Å². The van der Waals surface area contributed by atoms with Crippen molar-refractivity contribution in [3.8, 4) is 11.5 Å². The predicted molar refractivity (Wildman–Crippen MR) is 120 cm³/mol. The van der Waals surface area contributed by atoms with Gasteiger partial charge in [-0.1, -0.05) is 36.4 Å². The zero-order valence-electron chi connectivity index (χ0n) is 18.0. The molecule has 2 aromatic carbocycles. The monoisotopic (exact) mass is 482 g/mol. The first kappa shape index (κ1) is 25.7. The van der Waals surface area contributed by atoms with Crippen LogP contribution in [0.25, 0.3) is 12.2 Å². The number of phosphoric ester groups is 2. The van der Waals surface area contributed by atoms with Crippen LogP contribution in [0.1, 0.15) is 11.1 Å². The van der Waals surface area contributed by atoms with E-state index in [1.54, 1.807) is 60.7 Å². The molecule has 0 bridgehead atoms. The van der Waals surface area contributed by atoms with Crippen LogP contribution >= 0.6 is 15.6 Å². The smallest absolute Gasteiger partial charge is 0.404 e. The van der Waals surface area contributed by atoms with Gasteiger partial charge in [0.15, 0.2) is 5.78 Å². The molecule has 11 heteroatoms. The molecular weight excluding hydrogens is 458 g/mol. The summed E-state index contributed by atoms with van der Waals surface area (Å²) in [5.74, 6) is 0.258. The van der Waals surface area contributed by atoms with Gasteiger partial charge in [0.1, 0.15) is 11.5 Å². The molecule has 0 aliphatic carbocycles. The van der Waals surface area contributed by atoms with Crippen molar-refractivity contribution in [2.75, 3.05) is 28.4 Å². The average Bonchev–Trinajstić information content (AvgIpc) is 2.81. The number of carbonyl (C=O) groups is 1. The van der Waals surface area contributed by atoms with Crippen molar-refractivity contribution in [1.82, 2.24) is 0 Å². The first-order chi connectivity index (χ1) is 15.2. The second kappa shape index (κ2) is 11.9. The minimum atomic E-state index is -3.67. The fourth-order valence-electron chi connectivity index (χ4n) is 2.32. The highest BCUT2D eigenvalue weighted by atomic mass is 31.2. The molecule has 0 fully saturated rings. The summed E-state index contributed by atoms with van der Waals surface area (Å²) < 4.78 is 53.6. The number of hydrogen-bond acceptors (Lipinski definition) is 9. The van der Waals surface area contributed by atoms with Crippen molar-refractivity contribution >= 4 is 33.6 Å². The number of allylic oxidation sites excluding steroid dienone is 2. The average molecular weight is 482 g/mol. The third-order valence-electron chi connectivity index (χ3n) is 3.93. The van der Waals surface area contributed by atoms with Gasteiger partial charge in [0.2, 0.25) is 0 Å². The van der Waals surface area contributed by atoms with Crippen molar-refractivity contribution in [3.63, 3.8) is 0 Å². The Morgan fingerprint density at radius 3 is 1.41 bits per heavy atom. The van der Waals surface area contributed by atoms with E-state index >= 15 is 0 Å². The third-order valence-corrected chi connectivity index (χ3v) is 6.58. The van der Waals surface area contributed by atoms with Crippen LogP contribution in [-0.4, -0.2) is 34.2 Å². The van der Waals surface area contributed by atoms with Crippen LogP contribution < -0.4 is 9.05 Å². The Morgan fingerprint density at radius 2 is 1.06 bits per heavy atom. The Kier molecular flexibility index (Phi) is 9.60. The van der Waals surface area contributed by atoms with E-state index in [1.807, 2.05) is 0 Å². The summed E-state index contributed by atoms with van der Waals surface area (Å²) in [4.78, 5) is 12.2. The van der Waals surface area contributed by atoms with Crippen LogP contribution in [0, 0.1) is 0 Å². The standard InChI is InChI=1S/C21H24O9P2/c1-25-31(23,26-2)29-20-9-5-7-17(15-20)11-13-19(22)14-12-18-8-6-10-21(16-18)30-32(24,27-3)28-4/h5-16H,1-4H3. The summed E-state index contributed by atoms with van der Waals surface area (Å²) in [6.07, 6.45) is 5.90. The van der Waals surface area contributed by atoms with Crippen molar-refractivity contribution < 1.29 is 41.1 Å². The Hall–Kier alpha value is -2.51. The third kappa shape index (κ3) is 7.88. The molecule has 172 valence electrons. The van der Waals surface area contributed by atoms with Gasteiger partial charge in [0, 0.05) is 28.4 Å². The second-order valence-electron chi connectivity index (χ2n) is 6.02. The van der Waals surface area contributed by atoms with Crippen LogP contribution in [0.4, 0.5) is 0 Å². The molecule has 0 unspecified atom stereocenters. The van der Waals surface area contributed by atoms with Gasteiger partial charge in [-0.05, 0) is 47.5 Å². The molecule has 2 rings (SSSR count). The maximum atomic E-state index is 12.2. The Morgan fingerprint density at radius 1 is 0.688 bits per heavy atom. The molecule has 0 amide bonds. The Bertz CT molecular complexity index is 979. The van der Waals surface area contributed by atoms with Crippen LogP contribution in [0.15, 0.2) is 60.7 Å². The lowest BCUT2D eigenvalue weighted by Crippen LogP contribution is -1.97. The van der Waals surface area contributed by atoms with Crippen LogP contribution in [0.5, 0.6) is 11.5 Å². The van der Waals surface area contributed by atoms with Crippen LogP contribution in [0.3, 0.4) is 0 Å². The normalized spacial score (nSPS) is 12.4. The molecule has 0 heterocycles. The topological polar surface area (TPSA) is 107 Å². The molecule has 0 aliphatic rings. The SMILES string of the molecule is COP(=O)(OC)Oc1cccc(C=CC(=O)C=Cc2cccc(OP(=O)(OC)OC)c2)c1. The van der Waals surface area contributed by atoms with Gasteiger partial charge in [-0.3, -0.25) is 22.9 Å². The number of ketones is 1. The number of phosphoric acid groups is 2. The van der Waals surface area contributed by atoms with Crippen LogP contribution in [0.2, 0.25) is 0 Å². The minimum absolute atomic E-state index is 0.267. The minimum Gasteiger partial charge on any atom is -0.404 e. The highest BCUT2D eigenvalue weighted by Gasteiger charge is 2.25. The molecule has 0 saturated carbocycles. The first-order valence-corrected chi connectivity index (χ1v) is 12.1. The Labute approximate surface area is 186 Å². The zero-order valence-corrected chi connectivity index (χ0v) is 19.8. The van der Waals surface area contributed by atoms with Gasteiger partial charge >= 0.3 is 15.6 Å². The van der Waals surface area contributed by atoms with E-state index in [1.165, 1.54) is 40.6 Å². The second-order valence-corrected chi connectivity index (χ2v) is 9.64. The fourth-order valence-corrected chi connectivity index (χ4v) is 3.66. The molecule has 32 heavy (non-hydrogen) atoms. The van der Waals surface area contributed by atoms with Crippen molar-refractivity contribution in [3.05, 3.63) is 71.8 Å². The number of benzene rings is 2. The molecule has 0 radical (unpaired) electrons. The number of hydrogen-bond donors (Lipinski definition) is 0. The lowest BCUT2D eigenvalue weighted by molar-refractivity contribution is -0.110. The number of rotatable bonds is 12. The zero-order chi connectivity index (χ0) is 23.6. The molecule has 0 aliphatic heterocycles. The van der Waals surface area contributed by atoms with E-state index in [0.29, 0.717) is 11.1 Å². The summed E-state index contributed by atoms with van der Waals surface area (Å²) in [6.45, 7) is 0. The van der Waals surface area contributed by atoms with Gasteiger partial charge in [-0.25, -0.2) is 9.13 Å². The molecule has 0 aromatic heterocycles. The predicted octanol–water partition coefficient (Wildman–Crippen LogP) is 5.54. The molecule has 0 spiro atoms. The molecule has 0 saturated heterocycles. The van der Waals surface area contributed by atoms with Gasteiger partial charge in [0.25, 0.3) is 0 Å². The lowest BCUT2D eigenvalue weighted by atomic mass is 10.1. The van der Waals surface area contributed by atoms with Crippen molar-refractivity contribution in [2.24, 2.45) is 0 Å². The highest BCUT2D eigenvalue weighted by Crippen LogP contribution is 2.48. The van der Waals surface area contributed by atoms with E-state index in [0.717, 1.165) is 0 Å². The lowest BCUT2D eigenvalue weighted by Gasteiger charge is -2.14. The quantitative estimate of drug-likeness (QED) is 0.285. The van der Waals surface area contributed by atoms with E-state index < -0.39 is 15.6 Å². The first-order valence-electron chi connectivity index (χ1n) is 9.17. The summed E-state index contributed by atoms with van der Waals surface area (Å²) in [7, 11) is -2.48. The van der Waals surface area contributed by atoms with Crippen molar-refractivity contribution in [2.45, 2.75) is 0 Å². The Balaban J connectivity index is 2.05. The van der Waals surface area contributed by atoms with Gasteiger partial charge in [-0.15, -0.1) is 0 Å². The maximum absolute atomic E-state index is 12.2. The summed E-state index contributed by atoms with van der Waals surface area (Å²) in [6, 6.07) is 13.2. The summed E-state index contributed by atoms with van der Waals surface area (Å²) >= 11 is 0.